The zero-order chi connectivity index (χ0) is 21.7. The van der Waals surface area contributed by atoms with Crippen LogP contribution in [0.1, 0.15) is 57.9 Å². The molecular formula is C22H28F3N3O2. The SMILES string of the molecule is CC(C)[C@@H](O)C1=CCCC(c2cnc(N)c(OC(F)(F)F)c2)=CN1C12CCC(C1)C2. The van der Waals surface area contributed by atoms with E-state index < -0.39 is 18.2 Å². The lowest BCUT2D eigenvalue weighted by atomic mass is 9.75. The number of nitrogen functional groups attached to an aromatic ring is 1. The highest BCUT2D eigenvalue weighted by atomic mass is 19.4. The number of fused-ring (bicyclic) bond motifs is 1. The molecule has 3 aliphatic carbocycles. The average Bonchev–Trinajstić information content (AvgIpc) is 3.17. The number of nitrogens with two attached hydrogens (primary N) is 1. The first kappa shape index (κ1) is 21.0. The lowest BCUT2D eigenvalue weighted by Crippen LogP contribution is -2.51. The summed E-state index contributed by atoms with van der Waals surface area (Å²) in [7, 11) is 0. The second-order valence-electron chi connectivity index (χ2n) is 9.07. The van der Waals surface area contributed by atoms with Crippen molar-refractivity contribution >= 4 is 11.4 Å². The molecule has 0 unspecified atom stereocenters. The number of ether oxygens (including phenoxy) is 1. The van der Waals surface area contributed by atoms with E-state index in [-0.39, 0.29) is 17.3 Å². The van der Waals surface area contributed by atoms with E-state index in [0.717, 1.165) is 36.5 Å². The van der Waals surface area contributed by atoms with Gasteiger partial charge in [-0.1, -0.05) is 19.9 Å². The fourth-order valence-electron chi connectivity index (χ4n) is 5.05. The molecule has 0 spiro atoms. The van der Waals surface area contributed by atoms with Gasteiger partial charge in [0, 0.05) is 29.2 Å². The maximum absolute atomic E-state index is 12.7. The van der Waals surface area contributed by atoms with E-state index in [2.05, 4.69) is 20.7 Å². The maximum atomic E-state index is 12.7. The molecule has 5 rings (SSSR count). The highest BCUT2D eigenvalue weighted by molar-refractivity contribution is 5.69. The summed E-state index contributed by atoms with van der Waals surface area (Å²) in [6, 6.07) is 1.31. The summed E-state index contributed by atoms with van der Waals surface area (Å²) in [5, 5.41) is 10.9. The number of aliphatic hydroxyl groups is 1. The Hall–Kier alpha value is -2.22. The number of alkyl halides is 3. The Morgan fingerprint density at radius 1 is 1.33 bits per heavy atom. The van der Waals surface area contributed by atoms with Crippen molar-refractivity contribution in [2.24, 2.45) is 11.8 Å². The summed E-state index contributed by atoms with van der Waals surface area (Å²) >= 11 is 0. The molecule has 2 bridgehead atoms. The van der Waals surface area contributed by atoms with Gasteiger partial charge in [-0.15, -0.1) is 13.2 Å². The number of pyridine rings is 1. The molecule has 5 nitrogen and oxygen atoms in total. The smallest absolute Gasteiger partial charge is 0.402 e. The first-order valence-electron chi connectivity index (χ1n) is 10.5. The Morgan fingerprint density at radius 2 is 2.07 bits per heavy atom. The van der Waals surface area contributed by atoms with Gasteiger partial charge in [0.15, 0.2) is 11.6 Å². The van der Waals surface area contributed by atoms with Crippen molar-refractivity contribution in [1.29, 1.82) is 0 Å². The quantitative estimate of drug-likeness (QED) is 0.709. The van der Waals surface area contributed by atoms with Crippen LogP contribution in [0.4, 0.5) is 19.0 Å². The number of aromatic nitrogens is 1. The van der Waals surface area contributed by atoms with Crippen LogP contribution in [0.25, 0.3) is 5.57 Å². The van der Waals surface area contributed by atoms with Crippen molar-refractivity contribution in [2.75, 3.05) is 5.73 Å². The van der Waals surface area contributed by atoms with Crippen LogP contribution in [0.3, 0.4) is 0 Å². The molecule has 1 aromatic rings. The first-order valence-corrected chi connectivity index (χ1v) is 10.5. The Bertz CT molecular complexity index is 867. The van der Waals surface area contributed by atoms with Crippen molar-refractivity contribution in [3.8, 4) is 5.75 Å². The van der Waals surface area contributed by atoms with Gasteiger partial charge < -0.3 is 20.5 Å². The van der Waals surface area contributed by atoms with Crippen LogP contribution in [0.15, 0.2) is 30.2 Å². The van der Waals surface area contributed by atoms with Crippen molar-refractivity contribution < 1.29 is 23.0 Å². The summed E-state index contributed by atoms with van der Waals surface area (Å²) < 4.78 is 42.3. The fraction of sp³-hybridized carbons (Fsp3) is 0.591. The normalized spacial score (nSPS) is 27.3. The molecular weight excluding hydrogens is 395 g/mol. The topological polar surface area (TPSA) is 71.6 Å². The van der Waals surface area contributed by atoms with E-state index in [9.17, 15) is 18.3 Å². The summed E-state index contributed by atoms with van der Waals surface area (Å²) in [6.45, 7) is 3.97. The predicted octanol–water partition coefficient (Wildman–Crippen LogP) is 4.84. The zero-order valence-corrected chi connectivity index (χ0v) is 17.2. The molecule has 1 aromatic heterocycles. The number of hydrogen-bond acceptors (Lipinski definition) is 5. The monoisotopic (exact) mass is 423 g/mol. The fourth-order valence-corrected chi connectivity index (χ4v) is 5.05. The second-order valence-corrected chi connectivity index (χ2v) is 9.07. The summed E-state index contributed by atoms with van der Waals surface area (Å²) in [6.07, 6.45) is 5.86. The van der Waals surface area contributed by atoms with Crippen molar-refractivity contribution in [3.63, 3.8) is 0 Å². The van der Waals surface area contributed by atoms with Crippen LogP contribution in [0.5, 0.6) is 5.75 Å². The Labute approximate surface area is 174 Å². The molecule has 3 fully saturated rings. The average molecular weight is 423 g/mol. The van der Waals surface area contributed by atoms with Crippen LogP contribution < -0.4 is 10.5 Å². The standard InChI is InChI=1S/C22H28F3N3O2/c1-13(2)19(29)17-5-3-4-15(12-28(17)21-7-6-14(9-21)10-21)16-8-18(20(26)27-11-16)30-22(23,24)25/h5,8,11-14,19,29H,3-4,6-7,9-10H2,1-2H3,(H2,26,27)/t14?,19-,21?/m1/s1. The molecule has 164 valence electrons. The molecule has 0 amide bonds. The third-order valence-electron chi connectivity index (χ3n) is 6.61. The number of nitrogens with zero attached hydrogens (tertiary/aromatic N) is 2. The van der Waals surface area contributed by atoms with Gasteiger partial charge in [0.05, 0.1) is 6.10 Å². The van der Waals surface area contributed by atoms with Crippen LogP contribution in [-0.4, -0.2) is 33.0 Å². The molecule has 30 heavy (non-hydrogen) atoms. The molecule has 1 atom stereocenters. The van der Waals surface area contributed by atoms with E-state index in [4.69, 9.17) is 5.73 Å². The van der Waals surface area contributed by atoms with Gasteiger partial charge in [0.25, 0.3) is 0 Å². The van der Waals surface area contributed by atoms with Gasteiger partial charge >= 0.3 is 6.36 Å². The molecule has 1 aliphatic heterocycles. The van der Waals surface area contributed by atoms with Crippen LogP contribution >= 0.6 is 0 Å². The Balaban J connectivity index is 1.71. The highest BCUT2D eigenvalue weighted by Gasteiger charge is 2.54. The summed E-state index contributed by atoms with van der Waals surface area (Å²) in [4.78, 5) is 6.14. The Kier molecular flexibility index (Phi) is 5.24. The number of anilines is 1. The molecule has 0 aromatic carbocycles. The van der Waals surface area contributed by atoms with Gasteiger partial charge in [-0.05, 0) is 62.0 Å². The summed E-state index contributed by atoms with van der Waals surface area (Å²) in [5.74, 6) is 0.00197. The number of rotatable bonds is 5. The minimum atomic E-state index is -4.84. The predicted molar refractivity (Wildman–Crippen MR) is 108 cm³/mol. The molecule has 3 N–H and O–H groups in total. The lowest BCUT2D eigenvalue weighted by molar-refractivity contribution is -0.274. The van der Waals surface area contributed by atoms with Crippen molar-refractivity contribution in [1.82, 2.24) is 9.88 Å². The van der Waals surface area contributed by atoms with E-state index in [0.29, 0.717) is 18.4 Å². The van der Waals surface area contributed by atoms with Crippen LogP contribution in [0.2, 0.25) is 0 Å². The summed E-state index contributed by atoms with van der Waals surface area (Å²) in [5.41, 5.74) is 7.90. The molecule has 8 heteroatoms. The molecule has 3 saturated carbocycles. The van der Waals surface area contributed by atoms with Crippen molar-refractivity contribution in [2.45, 2.75) is 70.4 Å². The van der Waals surface area contributed by atoms with E-state index in [1.165, 1.54) is 18.7 Å². The molecule has 2 heterocycles. The minimum absolute atomic E-state index is 0.00546. The molecule has 0 saturated heterocycles. The lowest BCUT2D eigenvalue weighted by Gasteiger charge is -2.49. The van der Waals surface area contributed by atoms with E-state index in [1.54, 1.807) is 0 Å². The third kappa shape index (κ3) is 3.89. The highest BCUT2D eigenvalue weighted by Crippen LogP contribution is 2.57. The van der Waals surface area contributed by atoms with Crippen molar-refractivity contribution in [3.05, 3.63) is 35.8 Å². The van der Waals surface area contributed by atoms with E-state index in [1.807, 2.05) is 20.0 Å². The van der Waals surface area contributed by atoms with Gasteiger partial charge in [0.1, 0.15) is 0 Å². The van der Waals surface area contributed by atoms with Crippen LogP contribution in [0, 0.1) is 11.8 Å². The first-order chi connectivity index (χ1) is 14.1. The van der Waals surface area contributed by atoms with Gasteiger partial charge in [-0.25, -0.2) is 4.98 Å². The van der Waals surface area contributed by atoms with Gasteiger partial charge in [0.2, 0.25) is 0 Å². The minimum Gasteiger partial charge on any atom is -0.402 e. The van der Waals surface area contributed by atoms with Gasteiger partial charge in [-0.2, -0.15) is 0 Å². The largest absolute Gasteiger partial charge is 0.573 e. The Morgan fingerprint density at radius 3 is 2.67 bits per heavy atom. The molecule has 4 aliphatic rings. The third-order valence-corrected chi connectivity index (χ3v) is 6.61. The number of aliphatic hydroxyl groups excluding tert-OH is 1. The van der Waals surface area contributed by atoms with Gasteiger partial charge in [-0.3, -0.25) is 0 Å². The second kappa shape index (κ2) is 7.48. The zero-order valence-electron chi connectivity index (χ0n) is 17.2. The number of halogens is 3. The number of allylic oxidation sites excluding steroid dienone is 2. The maximum Gasteiger partial charge on any atom is 0.573 e. The molecule has 0 radical (unpaired) electrons. The van der Waals surface area contributed by atoms with E-state index >= 15 is 0 Å². The van der Waals surface area contributed by atoms with Crippen LogP contribution in [-0.2, 0) is 0 Å². The number of hydrogen-bond donors (Lipinski definition) is 2.